The Morgan fingerprint density at radius 3 is 2.88 bits per heavy atom. The van der Waals surface area contributed by atoms with Gasteiger partial charge >= 0.3 is 0 Å². The van der Waals surface area contributed by atoms with Gasteiger partial charge in [0.2, 0.25) is 0 Å². The summed E-state index contributed by atoms with van der Waals surface area (Å²) in [4.78, 5) is 17.2. The van der Waals surface area contributed by atoms with Crippen molar-refractivity contribution in [2.24, 2.45) is 0 Å². The number of hydrogen-bond acceptors (Lipinski definition) is 3. The average Bonchev–Trinajstić information content (AvgIpc) is 2.95. The fraction of sp³-hybridized carbons (Fsp3) is 0.0526. The largest absolute Gasteiger partial charge is 0.298 e. The van der Waals surface area contributed by atoms with E-state index < -0.39 is 0 Å². The molecule has 0 aliphatic rings. The van der Waals surface area contributed by atoms with Gasteiger partial charge in [-0.3, -0.25) is 10.1 Å². The number of carbonyl (C=O) groups excluding carboxylic acids is 1. The van der Waals surface area contributed by atoms with E-state index in [0.29, 0.717) is 10.7 Å². The number of thiazole rings is 1. The van der Waals surface area contributed by atoms with Crippen LogP contribution in [0.3, 0.4) is 0 Å². The van der Waals surface area contributed by atoms with Crippen molar-refractivity contribution in [1.82, 2.24) is 4.98 Å². The van der Waals surface area contributed by atoms with E-state index in [-0.39, 0.29) is 5.91 Å². The molecule has 3 aromatic carbocycles. The number of aryl methyl sites for hydroxylation is 1. The number of aromatic nitrogens is 1. The van der Waals surface area contributed by atoms with Gasteiger partial charge in [-0.1, -0.05) is 51.5 Å². The van der Waals surface area contributed by atoms with E-state index in [1.54, 1.807) is 0 Å². The molecule has 24 heavy (non-hydrogen) atoms. The zero-order valence-corrected chi connectivity index (χ0v) is 15.2. The van der Waals surface area contributed by atoms with Gasteiger partial charge in [0.05, 0.1) is 10.2 Å². The van der Waals surface area contributed by atoms with E-state index in [1.165, 1.54) is 16.9 Å². The van der Waals surface area contributed by atoms with Crippen LogP contribution in [0.15, 0.2) is 59.1 Å². The van der Waals surface area contributed by atoms with Crippen LogP contribution in [0.4, 0.5) is 5.13 Å². The summed E-state index contributed by atoms with van der Waals surface area (Å²) in [5, 5.41) is 5.50. The van der Waals surface area contributed by atoms with Gasteiger partial charge in [0.25, 0.3) is 5.91 Å². The summed E-state index contributed by atoms with van der Waals surface area (Å²) >= 11 is 4.96. The molecule has 0 saturated carbocycles. The molecule has 0 spiro atoms. The lowest BCUT2D eigenvalue weighted by molar-refractivity contribution is 0.102. The molecular weight excluding hydrogens is 384 g/mol. The molecule has 3 nitrogen and oxygen atoms in total. The summed E-state index contributed by atoms with van der Waals surface area (Å²) in [5.41, 5.74) is 2.74. The number of nitrogens with one attached hydrogen (secondary N) is 1. The molecule has 4 aromatic rings. The minimum atomic E-state index is -0.140. The highest BCUT2D eigenvalue weighted by Crippen LogP contribution is 2.28. The van der Waals surface area contributed by atoms with Gasteiger partial charge in [0, 0.05) is 10.0 Å². The molecule has 0 unspecified atom stereocenters. The Kier molecular flexibility index (Phi) is 3.82. The average molecular weight is 397 g/mol. The lowest BCUT2D eigenvalue weighted by atomic mass is 10.0. The van der Waals surface area contributed by atoms with Crippen molar-refractivity contribution in [2.75, 3.05) is 5.32 Å². The van der Waals surface area contributed by atoms with Crippen molar-refractivity contribution < 1.29 is 4.79 Å². The summed E-state index contributed by atoms with van der Waals surface area (Å²) in [6, 6.07) is 17.7. The number of nitrogens with zero attached hydrogens (tertiary/aromatic N) is 1. The molecule has 0 bridgehead atoms. The topological polar surface area (TPSA) is 42.0 Å². The third-order valence-electron chi connectivity index (χ3n) is 3.85. The monoisotopic (exact) mass is 396 g/mol. The maximum atomic E-state index is 12.7. The fourth-order valence-electron chi connectivity index (χ4n) is 2.70. The Labute approximate surface area is 151 Å². The van der Waals surface area contributed by atoms with E-state index in [9.17, 15) is 4.79 Å². The summed E-state index contributed by atoms with van der Waals surface area (Å²) in [5.74, 6) is -0.140. The highest BCUT2D eigenvalue weighted by atomic mass is 79.9. The molecule has 0 aliphatic heterocycles. The minimum Gasteiger partial charge on any atom is -0.298 e. The van der Waals surface area contributed by atoms with E-state index in [4.69, 9.17) is 0 Å². The Hall–Kier alpha value is -2.24. The fourth-order valence-corrected chi connectivity index (χ4v) is 4.04. The molecule has 1 N–H and O–H groups in total. The van der Waals surface area contributed by atoms with Crippen LogP contribution in [-0.2, 0) is 0 Å². The normalized spacial score (nSPS) is 11.1. The molecule has 5 heteroatoms. The molecule has 0 aliphatic carbocycles. The van der Waals surface area contributed by atoms with Gasteiger partial charge in [0.15, 0.2) is 5.13 Å². The first-order valence-electron chi connectivity index (χ1n) is 7.47. The Morgan fingerprint density at radius 1 is 1.12 bits per heavy atom. The zero-order chi connectivity index (χ0) is 16.7. The van der Waals surface area contributed by atoms with E-state index in [0.717, 1.165) is 25.5 Å². The summed E-state index contributed by atoms with van der Waals surface area (Å²) < 4.78 is 2.07. The van der Waals surface area contributed by atoms with Gasteiger partial charge in [-0.15, -0.1) is 0 Å². The molecule has 4 rings (SSSR count). The molecule has 1 heterocycles. The number of benzene rings is 3. The van der Waals surface area contributed by atoms with Crippen LogP contribution >= 0.6 is 27.3 Å². The standard InChI is InChI=1S/C19H13BrN2OS/c1-11-5-8-16-17(9-11)24-19(21-16)22-18(23)15-4-2-3-12-10-13(20)6-7-14(12)15/h2-10H,1H3,(H,21,22,23). The van der Waals surface area contributed by atoms with Gasteiger partial charge in [-0.05, 0) is 53.6 Å². The van der Waals surface area contributed by atoms with E-state index in [1.807, 2.05) is 55.5 Å². The molecule has 1 amide bonds. The molecule has 118 valence electrons. The maximum Gasteiger partial charge on any atom is 0.258 e. The van der Waals surface area contributed by atoms with Gasteiger partial charge in [-0.25, -0.2) is 4.98 Å². The molecule has 0 saturated heterocycles. The van der Waals surface area contributed by atoms with Crippen LogP contribution in [0.5, 0.6) is 0 Å². The van der Waals surface area contributed by atoms with Gasteiger partial charge < -0.3 is 0 Å². The summed E-state index contributed by atoms with van der Waals surface area (Å²) in [6.07, 6.45) is 0. The summed E-state index contributed by atoms with van der Waals surface area (Å²) in [7, 11) is 0. The number of fused-ring (bicyclic) bond motifs is 2. The first kappa shape index (κ1) is 15.3. The predicted octanol–water partition coefficient (Wildman–Crippen LogP) is 5.77. The molecule has 1 aromatic heterocycles. The maximum absolute atomic E-state index is 12.7. The van der Waals surface area contributed by atoms with E-state index >= 15 is 0 Å². The number of anilines is 1. The second-order valence-electron chi connectivity index (χ2n) is 5.62. The lowest BCUT2D eigenvalue weighted by Crippen LogP contribution is -2.12. The minimum absolute atomic E-state index is 0.140. The first-order valence-corrected chi connectivity index (χ1v) is 9.08. The third-order valence-corrected chi connectivity index (χ3v) is 5.28. The van der Waals surface area contributed by atoms with Gasteiger partial charge in [-0.2, -0.15) is 0 Å². The molecular formula is C19H13BrN2OS. The molecule has 0 atom stereocenters. The molecule has 0 radical (unpaired) electrons. The van der Waals surface area contributed by atoms with Crippen LogP contribution in [-0.4, -0.2) is 10.9 Å². The van der Waals surface area contributed by atoms with Crippen molar-refractivity contribution in [3.8, 4) is 0 Å². The predicted molar refractivity (Wildman–Crippen MR) is 104 cm³/mol. The Balaban J connectivity index is 1.70. The van der Waals surface area contributed by atoms with E-state index in [2.05, 4.69) is 32.3 Å². The first-order chi connectivity index (χ1) is 11.6. The van der Waals surface area contributed by atoms with Crippen molar-refractivity contribution >= 4 is 59.3 Å². The van der Waals surface area contributed by atoms with Crippen molar-refractivity contribution in [2.45, 2.75) is 6.92 Å². The smallest absolute Gasteiger partial charge is 0.258 e. The Bertz CT molecular complexity index is 1090. The highest BCUT2D eigenvalue weighted by molar-refractivity contribution is 9.10. The highest BCUT2D eigenvalue weighted by Gasteiger charge is 2.13. The second-order valence-corrected chi connectivity index (χ2v) is 7.56. The quantitative estimate of drug-likeness (QED) is 0.466. The van der Waals surface area contributed by atoms with Crippen molar-refractivity contribution in [3.63, 3.8) is 0 Å². The van der Waals surface area contributed by atoms with Crippen LogP contribution in [0.25, 0.3) is 21.0 Å². The number of amides is 1. The van der Waals surface area contributed by atoms with Gasteiger partial charge in [0.1, 0.15) is 0 Å². The number of hydrogen-bond donors (Lipinski definition) is 1. The van der Waals surface area contributed by atoms with Crippen LogP contribution < -0.4 is 5.32 Å². The SMILES string of the molecule is Cc1ccc2nc(NC(=O)c3cccc4cc(Br)ccc34)sc2c1. The third kappa shape index (κ3) is 2.81. The second kappa shape index (κ2) is 6.00. The Morgan fingerprint density at radius 2 is 2.00 bits per heavy atom. The van der Waals surface area contributed by atoms with Crippen LogP contribution in [0.2, 0.25) is 0 Å². The number of halogens is 1. The number of carbonyl (C=O) groups is 1. The zero-order valence-electron chi connectivity index (χ0n) is 12.8. The van der Waals surface area contributed by atoms with Crippen molar-refractivity contribution in [1.29, 1.82) is 0 Å². The summed E-state index contributed by atoms with van der Waals surface area (Å²) in [6.45, 7) is 2.05. The lowest BCUT2D eigenvalue weighted by Gasteiger charge is -2.06. The van der Waals surface area contributed by atoms with Crippen LogP contribution in [0, 0.1) is 6.92 Å². The van der Waals surface area contributed by atoms with Crippen LogP contribution in [0.1, 0.15) is 15.9 Å². The number of rotatable bonds is 2. The van der Waals surface area contributed by atoms with Crippen molar-refractivity contribution in [3.05, 3.63) is 70.2 Å². The molecule has 0 fully saturated rings.